The van der Waals surface area contributed by atoms with Gasteiger partial charge in [-0.3, -0.25) is 14.9 Å². The summed E-state index contributed by atoms with van der Waals surface area (Å²) in [6.07, 6.45) is 2.15. The quantitative estimate of drug-likeness (QED) is 0.341. The number of carbonyl (C=O) groups excluding carboxylic acids is 4. The Hall–Kier alpha value is -3.66. The van der Waals surface area contributed by atoms with Crippen molar-refractivity contribution in [2.24, 2.45) is 0 Å². The molecule has 0 bridgehead atoms. The largest absolute Gasteiger partial charge is 0.493 e. The van der Waals surface area contributed by atoms with Crippen LogP contribution in [0.1, 0.15) is 18.1 Å². The third-order valence-electron chi connectivity index (χ3n) is 4.83. The standard InChI is InChI=1S/C23H21BrN2O7/c1-4-13-5-7-15(8-6-13)26-22(29)16(21(28)25-23(26)30)9-14-10-17(24)20(18(11-14)31-2)33-12-19(27)32-3/h5-11H,4,12H2,1-3H3,(H,25,28,30)/b16-9-. The molecule has 0 radical (unpaired) electrons. The molecule has 2 aromatic rings. The molecule has 9 nitrogen and oxygen atoms in total. The van der Waals surface area contributed by atoms with Crippen LogP contribution in [-0.2, 0) is 25.5 Å². The molecule has 1 aliphatic rings. The number of esters is 1. The lowest BCUT2D eigenvalue weighted by molar-refractivity contribution is -0.143. The normalized spacial score (nSPS) is 14.8. The predicted molar refractivity (Wildman–Crippen MR) is 123 cm³/mol. The summed E-state index contributed by atoms with van der Waals surface area (Å²) in [5, 5.41) is 2.19. The van der Waals surface area contributed by atoms with E-state index in [9.17, 15) is 19.2 Å². The molecule has 1 aliphatic heterocycles. The van der Waals surface area contributed by atoms with Gasteiger partial charge in [-0.05, 0) is 63.8 Å². The number of aryl methyl sites for hydroxylation is 1. The first kappa shape index (κ1) is 24.0. The Bertz CT molecular complexity index is 1140. The van der Waals surface area contributed by atoms with Gasteiger partial charge in [0.15, 0.2) is 18.1 Å². The van der Waals surface area contributed by atoms with E-state index in [1.165, 1.54) is 26.4 Å². The summed E-state index contributed by atoms with van der Waals surface area (Å²) < 4.78 is 15.7. The SMILES string of the molecule is CCc1ccc(N2C(=O)NC(=O)/C(=C/c3cc(Br)c(OCC(=O)OC)c(OC)c3)C2=O)cc1. The van der Waals surface area contributed by atoms with Crippen LogP contribution in [0.5, 0.6) is 11.5 Å². The van der Waals surface area contributed by atoms with E-state index in [-0.39, 0.29) is 23.7 Å². The van der Waals surface area contributed by atoms with Gasteiger partial charge < -0.3 is 14.2 Å². The van der Waals surface area contributed by atoms with Gasteiger partial charge in [0, 0.05) is 0 Å². The zero-order chi connectivity index (χ0) is 24.1. The predicted octanol–water partition coefficient (Wildman–Crippen LogP) is 3.24. The number of benzene rings is 2. The number of urea groups is 1. The summed E-state index contributed by atoms with van der Waals surface area (Å²) in [6, 6.07) is 9.21. The minimum atomic E-state index is -0.822. The molecule has 1 N–H and O–H groups in total. The molecule has 0 atom stereocenters. The topological polar surface area (TPSA) is 111 Å². The lowest BCUT2D eigenvalue weighted by Crippen LogP contribution is -2.54. The van der Waals surface area contributed by atoms with Crippen LogP contribution in [0, 0.1) is 0 Å². The maximum Gasteiger partial charge on any atom is 0.343 e. The molecule has 0 aromatic heterocycles. The third kappa shape index (κ3) is 5.23. The van der Waals surface area contributed by atoms with Crippen molar-refractivity contribution < 1.29 is 33.4 Å². The van der Waals surface area contributed by atoms with Gasteiger partial charge in [0.05, 0.1) is 24.4 Å². The first-order chi connectivity index (χ1) is 15.8. The van der Waals surface area contributed by atoms with Crippen LogP contribution in [0.2, 0.25) is 0 Å². The molecule has 2 aromatic carbocycles. The number of rotatable bonds is 7. The molecule has 4 amide bonds. The number of amides is 4. The Morgan fingerprint density at radius 1 is 1.12 bits per heavy atom. The zero-order valence-corrected chi connectivity index (χ0v) is 19.7. The monoisotopic (exact) mass is 516 g/mol. The minimum absolute atomic E-state index is 0.230. The van der Waals surface area contributed by atoms with Crippen molar-refractivity contribution in [1.82, 2.24) is 5.32 Å². The van der Waals surface area contributed by atoms with Crippen LogP contribution in [0.4, 0.5) is 10.5 Å². The number of methoxy groups -OCH3 is 2. The van der Waals surface area contributed by atoms with Crippen molar-refractivity contribution in [2.45, 2.75) is 13.3 Å². The van der Waals surface area contributed by atoms with Crippen molar-refractivity contribution in [3.05, 3.63) is 57.6 Å². The molecule has 172 valence electrons. The van der Waals surface area contributed by atoms with Gasteiger partial charge in [0.1, 0.15) is 5.57 Å². The minimum Gasteiger partial charge on any atom is -0.493 e. The first-order valence-corrected chi connectivity index (χ1v) is 10.7. The van der Waals surface area contributed by atoms with Crippen LogP contribution in [0.15, 0.2) is 46.4 Å². The number of carbonyl (C=O) groups is 4. The Labute approximate surface area is 198 Å². The van der Waals surface area contributed by atoms with Crippen molar-refractivity contribution in [3.8, 4) is 11.5 Å². The van der Waals surface area contributed by atoms with E-state index in [0.29, 0.717) is 15.7 Å². The number of hydrogen-bond acceptors (Lipinski definition) is 7. The van der Waals surface area contributed by atoms with Crippen LogP contribution in [0.25, 0.3) is 6.08 Å². The number of halogens is 1. The summed E-state index contributed by atoms with van der Waals surface area (Å²) in [5.74, 6) is -1.64. The average molecular weight is 517 g/mol. The number of barbiturate groups is 1. The van der Waals surface area contributed by atoms with Crippen LogP contribution < -0.4 is 19.7 Å². The van der Waals surface area contributed by atoms with Gasteiger partial charge >= 0.3 is 12.0 Å². The van der Waals surface area contributed by atoms with E-state index < -0.39 is 23.8 Å². The Balaban J connectivity index is 1.95. The summed E-state index contributed by atoms with van der Waals surface area (Å²) in [4.78, 5) is 50.2. The molecule has 10 heteroatoms. The molecule has 33 heavy (non-hydrogen) atoms. The molecular formula is C23H21BrN2O7. The molecule has 0 spiro atoms. The van der Waals surface area contributed by atoms with Crippen molar-refractivity contribution in [1.29, 1.82) is 0 Å². The van der Waals surface area contributed by atoms with Gasteiger partial charge in [0.25, 0.3) is 11.8 Å². The zero-order valence-electron chi connectivity index (χ0n) is 18.1. The summed E-state index contributed by atoms with van der Waals surface area (Å²) in [6.45, 7) is 1.66. The second-order valence-corrected chi connectivity index (χ2v) is 7.73. The molecule has 0 unspecified atom stereocenters. The number of imide groups is 2. The highest BCUT2D eigenvalue weighted by Gasteiger charge is 2.36. The number of hydrogen-bond donors (Lipinski definition) is 1. The molecule has 1 fully saturated rings. The molecule has 0 saturated carbocycles. The molecule has 1 saturated heterocycles. The van der Waals surface area contributed by atoms with E-state index in [1.54, 1.807) is 18.2 Å². The Morgan fingerprint density at radius 2 is 1.82 bits per heavy atom. The second kappa shape index (κ2) is 10.3. The van der Waals surface area contributed by atoms with Gasteiger partial charge in [-0.2, -0.15) is 0 Å². The fourth-order valence-corrected chi connectivity index (χ4v) is 3.67. The fourth-order valence-electron chi connectivity index (χ4n) is 3.09. The highest BCUT2D eigenvalue weighted by molar-refractivity contribution is 9.10. The van der Waals surface area contributed by atoms with Crippen molar-refractivity contribution in [2.75, 3.05) is 25.7 Å². The van der Waals surface area contributed by atoms with Gasteiger partial charge in [-0.1, -0.05) is 19.1 Å². The van der Waals surface area contributed by atoms with E-state index in [4.69, 9.17) is 9.47 Å². The first-order valence-electron chi connectivity index (χ1n) is 9.86. The van der Waals surface area contributed by atoms with Gasteiger partial charge in [-0.15, -0.1) is 0 Å². The summed E-state index contributed by atoms with van der Waals surface area (Å²) in [7, 11) is 2.65. The number of anilines is 1. The average Bonchev–Trinajstić information content (AvgIpc) is 2.80. The molecule has 1 heterocycles. The lowest BCUT2D eigenvalue weighted by Gasteiger charge is -2.26. The van der Waals surface area contributed by atoms with Crippen molar-refractivity contribution in [3.63, 3.8) is 0 Å². The van der Waals surface area contributed by atoms with Crippen LogP contribution in [-0.4, -0.2) is 44.6 Å². The number of nitrogens with zero attached hydrogens (tertiary/aromatic N) is 1. The fraction of sp³-hybridized carbons (Fsp3) is 0.217. The van der Waals surface area contributed by atoms with E-state index >= 15 is 0 Å². The highest BCUT2D eigenvalue weighted by atomic mass is 79.9. The maximum absolute atomic E-state index is 13.1. The summed E-state index contributed by atoms with van der Waals surface area (Å²) >= 11 is 3.34. The van der Waals surface area contributed by atoms with E-state index in [0.717, 1.165) is 16.9 Å². The van der Waals surface area contributed by atoms with Gasteiger partial charge in [0.2, 0.25) is 0 Å². The van der Waals surface area contributed by atoms with E-state index in [1.807, 2.05) is 19.1 Å². The molecule has 0 aliphatic carbocycles. The third-order valence-corrected chi connectivity index (χ3v) is 5.42. The Morgan fingerprint density at radius 3 is 2.42 bits per heavy atom. The number of ether oxygens (including phenoxy) is 3. The van der Waals surface area contributed by atoms with Crippen LogP contribution >= 0.6 is 15.9 Å². The Kier molecular flexibility index (Phi) is 7.49. The lowest BCUT2D eigenvalue weighted by atomic mass is 10.1. The molecule has 3 rings (SSSR count). The second-order valence-electron chi connectivity index (χ2n) is 6.88. The summed E-state index contributed by atoms with van der Waals surface area (Å²) in [5.41, 5.74) is 1.59. The maximum atomic E-state index is 13.1. The highest BCUT2D eigenvalue weighted by Crippen LogP contribution is 2.37. The van der Waals surface area contributed by atoms with Crippen LogP contribution in [0.3, 0.4) is 0 Å². The van der Waals surface area contributed by atoms with Crippen molar-refractivity contribution >= 4 is 51.5 Å². The number of nitrogens with one attached hydrogen (secondary N) is 1. The van der Waals surface area contributed by atoms with E-state index in [2.05, 4.69) is 26.0 Å². The molecular weight excluding hydrogens is 496 g/mol. The smallest absolute Gasteiger partial charge is 0.343 e. The van der Waals surface area contributed by atoms with Gasteiger partial charge in [-0.25, -0.2) is 14.5 Å².